The minimum Gasteiger partial charge on any atom is -0.393 e. The molecule has 220 valence electrons. The second-order valence-electron chi connectivity index (χ2n) is 10.0. The standard InChI is InChI=1S/C31H33N9O3/c1-33-18-23(17-32)21-6-10-25-26(16-21)36-28(38-29(25)40-12-14-43-15-13-40)22-7-11-27(34-19-22)37-31(42)35-24-8-4-20(5-9-24)30(41)39(2)3/h4-11,16-19,32-33H,12-15H2,1-3H3,(H2,34,35,37,42)/b23-18+,32-17?. The Morgan fingerprint density at radius 1 is 0.977 bits per heavy atom. The third-order valence-corrected chi connectivity index (χ3v) is 6.84. The fourth-order valence-electron chi connectivity index (χ4n) is 4.63. The van der Waals surface area contributed by atoms with E-state index in [1.165, 1.54) is 11.1 Å². The van der Waals surface area contributed by atoms with Gasteiger partial charge in [0.2, 0.25) is 0 Å². The maximum absolute atomic E-state index is 12.6. The Kier molecular flexibility index (Phi) is 8.87. The van der Waals surface area contributed by atoms with Gasteiger partial charge in [0, 0.05) is 80.6 Å². The molecule has 12 heteroatoms. The van der Waals surface area contributed by atoms with Gasteiger partial charge in [-0.15, -0.1) is 0 Å². The van der Waals surface area contributed by atoms with Crippen molar-refractivity contribution in [2.24, 2.45) is 0 Å². The van der Waals surface area contributed by atoms with Gasteiger partial charge in [0.25, 0.3) is 5.91 Å². The summed E-state index contributed by atoms with van der Waals surface area (Å²) < 4.78 is 5.56. The van der Waals surface area contributed by atoms with Gasteiger partial charge in [0.05, 0.1) is 18.7 Å². The molecule has 0 unspecified atom stereocenters. The number of carbonyl (C=O) groups excluding carboxylic acids is 2. The molecular formula is C31H33N9O3. The number of nitrogens with one attached hydrogen (secondary N) is 4. The second kappa shape index (κ2) is 13.1. The molecule has 4 aromatic rings. The van der Waals surface area contributed by atoms with Crippen LogP contribution >= 0.6 is 0 Å². The monoisotopic (exact) mass is 579 g/mol. The molecule has 5 rings (SSSR count). The summed E-state index contributed by atoms with van der Waals surface area (Å²) >= 11 is 0. The highest BCUT2D eigenvalue weighted by Gasteiger charge is 2.19. The molecular weight excluding hydrogens is 546 g/mol. The number of nitrogens with zero attached hydrogens (tertiary/aromatic N) is 5. The van der Waals surface area contributed by atoms with E-state index in [9.17, 15) is 9.59 Å². The first-order valence-corrected chi connectivity index (χ1v) is 13.7. The van der Waals surface area contributed by atoms with Crippen molar-refractivity contribution in [1.29, 1.82) is 5.41 Å². The van der Waals surface area contributed by atoms with Crippen molar-refractivity contribution in [2.45, 2.75) is 0 Å². The smallest absolute Gasteiger partial charge is 0.324 e. The molecule has 0 bridgehead atoms. The largest absolute Gasteiger partial charge is 0.393 e. The fourth-order valence-corrected chi connectivity index (χ4v) is 4.63. The Bertz CT molecular complexity index is 1660. The average Bonchev–Trinajstić information content (AvgIpc) is 3.03. The van der Waals surface area contributed by atoms with E-state index >= 15 is 0 Å². The number of allylic oxidation sites excluding steroid dienone is 1. The number of urea groups is 1. The van der Waals surface area contributed by atoms with Crippen LogP contribution in [-0.4, -0.2) is 85.5 Å². The summed E-state index contributed by atoms with van der Waals surface area (Å²) in [5.74, 6) is 1.54. The molecule has 1 saturated heterocycles. The number of carbonyl (C=O) groups is 2. The quantitative estimate of drug-likeness (QED) is 0.228. The summed E-state index contributed by atoms with van der Waals surface area (Å²) in [5, 5.41) is 17.2. The third-order valence-electron chi connectivity index (χ3n) is 6.84. The fraction of sp³-hybridized carbons (Fsp3) is 0.226. The van der Waals surface area contributed by atoms with Crippen molar-refractivity contribution in [2.75, 3.05) is 63.0 Å². The molecule has 0 atom stereocenters. The molecule has 0 radical (unpaired) electrons. The van der Waals surface area contributed by atoms with Crippen LogP contribution in [0.15, 0.2) is 67.0 Å². The molecule has 2 aromatic heterocycles. The van der Waals surface area contributed by atoms with Gasteiger partial charge in [-0.25, -0.2) is 19.7 Å². The first-order chi connectivity index (χ1) is 20.9. The Hall–Kier alpha value is -5.36. The van der Waals surface area contributed by atoms with Crippen molar-refractivity contribution in [3.8, 4) is 11.4 Å². The zero-order valence-corrected chi connectivity index (χ0v) is 24.2. The molecule has 0 saturated carbocycles. The minimum absolute atomic E-state index is 0.116. The summed E-state index contributed by atoms with van der Waals surface area (Å²) in [5.41, 5.74) is 4.09. The molecule has 1 aliphatic heterocycles. The zero-order chi connectivity index (χ0) is 30.3. The summed E-state index contributed by atoms with van der Waals surface area (Å²) in [4.78, 5) is 42.5. The molecule has 0 aliphatic carbocycles. The van der Waals surface area contributed by atoms with Crippen LogP contribution in [0.3, 0.4) is 0 Å². The van der Waals surface area contributed by atoms with Gasteiger partial charge in [0.15, 0.2) is 5.82 Å². The lowest BCUT2D eigenvalue weighted by molar-refractivity contribution is 0.0827. The van der Waals surface area contributed by atoms with Crippen molar-refractivity contribution >= 4 is 52.0 Å². The topological polar surface area (TPSA) is 148 Å². The lowest BCUT2D eigenvalue weighted by Gasteiger charge is -2.29. The first-order valence-electron chi connectivity index (χ1n) is 13.7. The van der Waals surface area contributed by atoms with E-state index in [1.54, 1.807) is 63.9 Å². The number of ether oxygens (including phenoxy) is 1. The van der Waals surface area contributed by atoms with Gasteiger partial charge < -0.3 is 30.6 Å². The Balaban J connectivity index is 1.38. The SMILES string of the molecule is CN/C=C(\C=N)c1ccc2c(N3CCOCC3)nc(-c3ccc(NC(=O)Nc4ccc(C(=O)N(C)C)cc4)nc3)nc2c1. The van der Waals surface area contributed by atoms with E-state index in [-0.39, 0.29) is 5.91 Å². The number of hydrogen-bond donors (Lipinski definition) is 4. The molecule has 1 fully saturated rings. The number of fused-ring (bicyclic) bond motifs is 1. The summed E-state index contributed by atoms with van der Waals surface area (Å²) in [6, 6.07) is 15.6. The summed E-state index contributed by atoms with van der Waals surface area (Å²) in [6.45, 7) is 2.65. The molecule has 4 N–H and O–H groups in total. The third kappa shape index (κ3) is 6.76. The number of anilines is 3. The molecule has 3 heterocycles. The van der Waals surface area contributed by atoms with Crippen LogP contribution in [-0.2, 0) is 4.74 Å². The van der Waals surface area contributed by atoms with Crippen LogP contribution in [0.1, 0.15) is 15.9 Å². The number of aromatic nitrogens is 3. The predicted molar refractivity (Wildman–Crippen MR) is 169 cm³/mol. The minimum atomic E-state index is -0.465. The lowest BCUT2D eigenvalue weighted by Crippen LogP contribution is -2.37. The van der Waals surface area contributed by atoms with Crippen LogP contribution in [0, 0.1) is 5.41 Å². The Labute approximate surface area is 249 Å². The highest BCUT2D eigenvalue weighted by Crippen LogP contribution is 2.30. The number of hydrogen-bond acceptors (Lipinski definition) is 9. The average molecular weight is 580 g/mol. The Morgan fingerprint density at radius 3 is 2.37 bits per heavy atom. The number of benzene rings is 2. The van der Waals surface area contributed by atoms with E-state index in [0.29, 0.717) is 54.8 Å². The highest BCUT2D eigenvalue weighted by molar-refractivity contribution is 6.09. The second-order valence-corrected chi connectivity index (χ2v) is 10.0. The van der Waals surface area contributed by atoms with Crippen molar-refractivity contribution in [3.63, 3.8) is 0 Å². The molecule has 2 aromatic carbocycles. The van der Waals surface area contributed by atoms with E-state index < -0.39 is 6.03 Å². The summed E-state index contributed by atoms with van der Waals surface area (Å²) in [7, 11) is 5.16. The van der Waals surface area contributed by atoms with Gasteiger partial charge >= 0.3 is 6.03 Å². The molecule has 12 nitrogen and oxygen atoms in total. The number of amides is 3. The molecule has 3 amide bonds. The molecule has 1 aliphatic rings. The first kappa shape index (κ1) is 29.1. The van der Waals surface area contributed by atoms with Crippen molar-refractivity contribution in [3.05, 3.63) is 78.1 Å². The van der Waals surface area contributed by atoms with Crippen LogP contribution in [0.4, 0.5) is 22.1 Å². The van der Waals surface area contributed by atoms with Gasteiger partial charge in [-0.05, 0) is 54.1 Å². The molecule has 0 spiro atoms. The number of morpholine rings is 1. The van der Waals surface area contributed by atoms with Crippen LogP contribution < -0.4 is 20.9 Å². The normalized spacial score (nSPS) is 13.4. The van der Waals surface area contributed by atoms with Crippen molar-refractivity contribution in [1.82, 2.24) is 25.2 Å². The van der Waals surface area contributed by atoms with Crippen molar-refractivity contribution < 1.29 is 14.3 Å². The van der Waals surface area contributed by atoms with Gasteiger partial charge in [-0.1, -0.05) is 6.07 Å². The zero-order valence-electron chi connectivity index (χ0n) is 24.2. The van der Waals surface area contributed by atoms with E-state index in [2.05, 4.69) is 25.8 Å². The van der Waals surface area contributed by atoms with Crippen LogP contribution in [0.25, 0.3) is 27.9 Å². The van der Waals surface area contributed by atoms with Gasteiger partial charge in [-0.3, -0.25) is 10.1 Å². The summed E-state index contributed by atoms with van der Waals surface area (Å²) in [6.07, 6.45) is 4.69. The van der Waals surface area contributed by atoms with Crippen LogP contribution in [0.5, 0.6) is 0 Å². The highest BCUT2D eigenvalue weighted by atomic mass is 16.5. The maximum atomic E-state index is 12.6. The molecule has 43 heavy (non-hydrogen) atoms. The van der Waals surface area contributed by atoms with E-state index in [1.807, 2.05) is 24.3 Å². The lowest BCUT2D eigenvalue weighted by atomic mass is 10.0. The number of pyridine rings is 1. The van der Waals surface area contributed by atoms with E-state index in [4.69, 9.17) is 20.1 Å². The van der Waals surface area contributed by atoms with Gasteiger partial charge in [0.1, 0.15) is 11.6 Å². The van der Waals surface area contributed by atoms with E-state index in [0.717, 1.165) is 27.9 Å². The maximum Gasteiger partial charge on any atom is 0.324 e. The van der Waals surface area contributed by atoms with Crippen LogP contribution in [0.2, 0.25) is 0 Å². The number of rotatable bonds is 8. The van der Waals surface area contributed by atoms with Gasteiger partial charge in [-0.2, -0.15) is 0 Å². The predicted octanol–water partition coefficient (Wildman–Crippen LogP) is 4.08. The Morgan fingerprint density at radius 2 is 1.72 bits per heavy atom.